The number of rotatable bonds is 5. The van der Waals surface area contributed by atoms with Gasteiger partial charge < -0.3 is 10.6 Å². The molecule has 0 radical (unpaired) electrons. The average molecular weight is 251 g/mol. The van der Waals surface area contributed by atoms with Crippen LogP contribution >= 0.6 is 0 Å². The van der Waals surface area contributed by atoms with Gasteiger partial charge in [-0.25, -0.2) is 0 Å². The third-order valence-electron chi connectivity index (χ3n) is 3.36. The van der Waals surface area contributed by atoms with Crippen LogP contribution < -0.4 is 5.73 Å². The second kappa shape index (κ2) is 7.40. The van der Waals surface area contributed by atoms with Crippen LogP contribution in [0.25, 0.3) is 0 Å². The van der Waals surface area contributed by atoms with Crippen LogP contribution in [-0.2, 0) is 4.79 Å². The molecule has 1 rings (SSSR count). The van der Waals surface area contributed by atoms with E-state index in [-0.39, 0.29) is 5.91 Å². The van der Waals surface area contributed by atoms with E-state index in [2.05, 4.69) is 24.7 Å². The Labute approximate surface area is 110 Å². The second-order valence-electron chi connectivity index (χ2n) is 5.36. The number of hydrogen-bond donors (Lipinski definition) is 1. The lowest BCUT2D eigenvalue weighted by molar-refractivity contribution is -0.134. The average Bonchev–Trinajstić information content (AvgIpc) is 2.36. The van der Waals surface area contributed by atoms with Crippen LogP contribution in [0.2, 0.25) is 0 Å². The normalized spacial score (nSPS) is 18.7. The molecular formula is C14H25N3O. The highest BCUT2D eigenvalue weighted by molar-refractivity contribution is 5.82. The summed E-state index contributed by atoms with van der Waals surface area (Å²) in [6, 6.07) is -0.530. The molecule has 0 aromatic carbocycles. The van der Waals surface area contributed by atoms with Gasteiger partial charge in [0.25, 0.3) is 0 Å². The summed E-state index contributed by atoms with van der Waals surface area (Å²) in [5, 5.41) is 0. The molecule has 4 heteroatoms. The van der Waals surface area contributed by atoms with E-state index in [0.717, 1.165) is 38.6 Å². The largest absolute Gasteiger partial charge is 0.339 e. The van der Waals surface area contributed by atoms with Crippen LogP contribution in [0.3, 0.4) is 0 Å². The number of nitrogens with zero attached hydrogens (tertiary/aromatic N) is 2. The Morgan fingerprint density at radius 3 is 2.44 bits per heavy atom. The highest BCUT2D eigenvalue weighted by Crippen LogP contribution is 2.07. The van der Waals surface area contributed by atoms with Gasteiger partial charge >= 0.3 is 0 Å². The number of amides is 1. The van der Waals surface area contributed by atoms with E-state index < -0.39 is 6.04 Å². The first-order chi connectivity index (χ1) is 8.54. The Morgan fingerprint density at radius 2 is 1.94 bits per heavy atom. The molecule has 4 nitrogen and oxygen atoms in total. The number of piperazine rings is 1. The van der Waals surface area contributed by atoms with Gasteiger partial charge in [-0.15, -0.1) is 12.3 Å². The molecule has 1 unspecified atom stereocenters. The third kappa shape index (κ3) is 4.67. The summed E-state index contributed by atoms with van der Waals surface area (Å²) in [7, 11) is 0. The molecule has 1 atom stereocenters. The number of hydrogen-bond acceptors (Lipinski definition) is 3. The van der Waals surface area contributed by atoms with E-state index in [1.54, 1.807) is 0 Å². The topological polar surface area (TPSA) is 49.6 Å². The van der Waals surface area contributed by atoms with Crippen molar-refractivity contribution in [1.29, 1.82) is 0 Å². The van der Waals surface area contributed by atoms with Crippen LogP contribution in [0, 0.1) is 18.3 Å². The van der Waals surface area contributed by atoms with E-state index in [1.165, 1.54) is 6.42 Å². The number of carbonyl (C=O) groups excluding carboxylic acids is 1. The van der Waals surface area contributed by atoms with Gasteiger partial charge in [0, 0.05) is 32.6 Å². The SMILES string of the molecule is C#CCC(N)C(=O)N1CCN(CCC(C)C)CC1. The molecule has 102 valence electrons. The number of nitrogens with two attached hydrogens (primary N) is 1. The molecular weight excluding hydrogens is 226 g/mol. The van der Waals surface area contributed by atoms with Crippen molar-refractivity contribution in [2.75, 3.05) is 32.7 Å². The van der Waals surface area contributed by atoms with Gasteiger partial charge in [-0.3, -0.25) is 9.69 Å². The number of terminal acetylenes is 1. The molecule has 2 N–H and O–H groups in total. The maximum atomic E-state index is 11.9. The first kappa shape index (κ1) is 15.0. The monoisotopic (exact) mass is 251 g/mol. The quantitative estimate of drug-likeness (QED) is 0.725. The highest BCUT2D eigenvalue weighted by Gasteiger charge is 2.24. The Bertz CT molecular complexity index is 301. The number of carbonyl (C=O) groups is 1. The lowest BCUT2D eigenvalue weighted by Crippen LogP contribution is -2.53. The van der Waals surface area contributed by atoms with Gasteiger partial charge in [-0.2, -0.15) is 0 Å². The molecule has 1 amide bonds. The van der Waals surface area contributed by atoms with Gasteiger partial charge in [-0.1, -0.05) is 13.8 Å². The molecule has 0 aromatic heterocycles. The fourth-order valence-electron chi connectivity index (χ4n) is 2.08. The first-order valence-corrected chi connectivity index (χ1v) is 6.74. The van der Waals surface area contributed by atoms with Crippen LogP contribution in [0.4, 0.5) is 0 Å². The van der Waals surface area contributed by atoms with Crippen LogP contribution in [0.5, 0.6) is 0 Å². The van der Waals surface area contributed by atoms with Gasteiger partial charge in [0.05, 0.1) is 6.04 Å². The summed E-state index contributed by atoms with van der Waals surface area (Å²) < 4.78 is 0. The van der Waals surface area contributed by atoms with Gasteiger partial charge in [0.2, 0.25) is 5.91 Å². The lowest BCUT2D eigenvalue weighted by atomic mass is 10.1. The molecule has 1 fully saturated rings. The lowest BCUT2D eigenvalue weighted by Gasteiger charge is -2.36. The Kier molecular flexibility index (Phi) is 6.17. The summed E-state index contributed by atoms with van der Waals surface area (Å²) in [4.78, 5) is 16.2. The molecule has 0 aromatic rings. The smallest absolute Gasteiger partial charge is 0.240 e. The van der Waals surface area contributed by atoms with Crippen molar-refractivity contribution in [3.63, 3.8) is 0 Å². The third-order valence-corrected chi connectivity index (χ3v) is 3.36. The molecule has 0 aliphatic carbocycles. The van der Waals surface area contributed by atoms with E-state index >= 15 is 0 Å². The van der Waals surface area contributed by atoms with Crippen LogP contribution in [-0.4, -0.2) is 54.5 Å². The van der Waals surface area contributed by atoms with Crippen molar-refractivity contribution in [2.45, 2.75) is 32.7 Å². The Balaban J connectivity index is 2.30. The molecule has 0 spiro atoms. The Morgan fingerprint density at radius 1 is 1.33 bits per heavy atom. The van der Waals surface area contributed by atoms with Crippen LogP contribution in [0.15, 0.2) is 0 Å². The minimum atomic E-state index is -0.530. The highest BCUT2D eigenvalue weighted by atomic mass is 16.2. The van der Waals surface area contributed by atoms with E-state index in [4.69, 9.17) is 12.2 Å². The summed E-state index contributed by atoms with van der Waals surface area (Å²) >= 11 is 0. The van der Waals surface area contributed by atoms with Crippen molar-refractivity contribution in [3.05, 3.63) is 0 Å². The zero-order valence-corrected chi connectivity index (χ0v) is 11.6. The molecule has 18 heavy (non-hydrogen) atoms. The summed E-state index contributed by atoms with van der Waals surface area (Å²) in [6.45, 7) is 9.03. The van der Waals surface area contributed by atoms with E-state index in [9.17, 15) is 4.79 Å². The summed E-state index contributed by atoms with van der Waals surface area (Å²) in [5.74, 6) is 3.17. The molecule has 1 aliphatic heterocycles. The Hall–Kier alpha value is -1.05. The fourth-order valence-corrected chi connectivity index (χ4v) is 2.08. The predicted octanol–water partition coefficient (Wildman–Crippen LogP) is 0.527. The molecule has 1 heterocycles. The van der Waals surface area contributed by atoms with Crippen LogP contribution in [0.1, 0.15) is 26.7 Å². The molecule has 0 bridgehead atoms. The van der Waals surface area contributed by atoms with Crippen molar-refractivity contribution in [2.24, 2.45) is 11.7 Å². The second-order valence-corrected chi connectivity index (χ2v) is 5.36. The standard InChI is InChI=1S/C14H25N3O/c1-4-5-13(15)14(18)17-10-8-16(9-11-17)7-6-12(2)3/h1,12-13H,5-11,15H2,2-3H3. The zero-order valence-electron chi connectivity index (χ0n) is 11.6. The van der Waals surface area contributed by atoms with Crippen molar-refractivity contribution in [1.82, 2.24) is 9.80 Å². The van der Waals surface area contributed by atoms with Crippen molar-refractivity contribution < 1.29 is 4.79 Å². The molecule has 1 saturated heterocycles. The molecule has 0 saturated carbocycles. The predicted molar refractivity (Wildman–Crippen MR) is 73.9 cm³/mol. The first-order valence-electron chi connectivity index (χ1n) is 6.74. The maximum Gasteiger partial charge on any atom is 0.240 e. The van der Waals surface area contributed by atoms with E-state index in [0.29, 0.717) is 6.42 Å². The maximum absolute atomic E-state index is 11.9. The van der Waals surface area contributed by atoms with Crippen molar-refractivity contribution in [3.8, 4) is 12.3 Å². The van der Waals surface area contributed by atoms with Gasteiger partial charge in [-0.05, 0) is 18.9 Å². The molecule has 1 aliphatic rings. The zero-order chi connectivity index (χ0) is 13.5. The summed E-state index contributed by atoms with van der Waals surface area (Å²) in [5.41, 5.74) is 5.74. The van der Waals surface area contributed by atoms with Crippen molar-refractivity contribution >= 4 is 5.91 Å². The van der Waals surface area contributed by atoms with Gasteiger partial charge in [0.1, 0.15) is 0 Å². The summed E-state index contributed by atoms with van der Waals surface area (Å²) in [6.07, 6.45) is 6.72. The van der Waals surface area contributed by atoms with E-state index in [1.807, 2.05) is 4.90 Å². The minimum Gasteiger partial charge on any atom is -0.339 e. The minimum absolute atomic E-state index is 0.00328. The fraction of sp³-hybridized carbons (Fsp3) is 0.786. The van der Waals surface area contributed by atoms with Gasteiger partial charge in [0.15, 0.2) is 0 Å².